The molecule has 0 heterocycles. The Hall–Kier alpha value is -1.77. The van der Waals surface area contributed by atoms with E-state index < -0.39 is 56.1 Å². The molecule has 0 saturated heterocycles. The van der Waals surface area contributed by atoms with E-state index in [-0.39, 0.29) is 5.39 Å². The van der Waals surface area contributed by atoms with E-state index in [1.165, 1.54) is 0 Å². The van der Waals surface area contributed by atoms with Crippen molar-refractivity contribution >= 4 is 46.8 Å². The van der Waals surface area contributed by atoms with Crippen LogP contribution in [0.15, 0.2) is 39.0 Å². The minimum atomic E-state index is -5.12. The zero-order valence-electron chi connectivity index (χ0n) is 10.9. The lowest BCUT2D eigenvalue weighted by Crippen LogP contribution is -2.09. The number of fused-ring (bicyclic) bond motifs is 1. The lowest BCUT2D eigenvalue weighted by molar-refractivity contribution is 0.481. The molecule has 23 heavy (non-hydrogen) atoms. The molecule has 0 fully saturated rings. The molecule has 0 atom stereocenters. The minimum Gasteiger partial charge on any atom is -0.398 e. The van der Waals surface area contributed by atoms with Crippen LogP contribution >= 0.6 is 0 Å². The molecule has 0 saturated carbocycles. The number of hydrogen-bond acceptors (Lipinski definition) is 7. The third kappa shape index (κ3) is 3.29. The summed E-state index contributed by atoms with van der Waals surface area (Å²) in [6, 6.07) is 3.14. The van der Waals surface area contributed by atoms with Crippen LogP contribution in [-0.2, 0) is 30.4 Å². The lowest BCUT2D eigenvalue weighted by Gasteiger charge is -2.12. The lowest BCUT2D eigenvalue weighted by atomic mass is 10.1. The van der Waals surface area contributed by atoms with E-state index in [4.69, 9.17) is 10.3 Å². The Morgan fingerprint density at radius 3 is 1.78 bits per heavy atom. The van der Waals surface area contributed by atoms with Crippen LogP contribution in [0.1, 0.15) is 0 Å². The summed E-state index contributed by atoms with van der Waals surface area (Å²) in [5.41, 5.74) is 4.90. The highest BCUT2D eigenvalue weighted by Crippen LogP contribution is 2.35. The first-order valence-electron chi connectivity index (χ1n) is 5.51. The third-order valence-corrected chi connectivity index (χ3v) is 5.54. The maximum atomic E-state index is 11.5. The molecule has 13 heteroatoms. The van der Waals surface area contributed by atoms with Gasteiger partial charge in [-0.25, -0.2) is 0 Å². The quantitative estimate of drug-likeness (QED) is 0.419. The average Bonchev–Trinajstić information content (AvgIpc) is 2.33. The largest absolute Gasteiger partial charge is 0.398 e. The van der Waals surface area contributed by atoms with Gasteiger partial charge in [0.25, 0.3) is 30.4 Å². The van der Waals surface area contributed by atoms with Gasteiger partial charge in [0.15, 0.2) is 0 Å². The van der Waals surface area contributed by atoms with Crippen molar-refractivity contribution in [2.24, 2.45) is 0 Å². The smallest absolute Gasteiger partial charge is 0.297 e. The Balaban J connectivity index is 3.24. The van der Waals surface area contributed by atoms with Crippen LogP contribution < -0.4 is 5.73 Å². The van der Waals surface area contributed by atoms with Crippen molar-refractivity contribution < 1.29 is 38.9 Å². The van der Waals surface area contributed by atoms with Crippen molar-refractivity contribution in [3.8, 4) is 0 Å². The second kappa shape index (κ2) is 5.12. The van der Waals surface area contributed by atoms with Gasteiger partial charge in [0, 0.05) is 5.39 Å². The summed E-state index contributed by atoms with van der Waals surface area (Å²) >= 11 is 0. The monoisotopic (exact) mass is 383 g/mol. The van der Waals surface area contributed by atoms with Gasteiger partial charge >= 0.3 is 0 Å². The van der Waals surface area contributed by atoms with E-state index in [1.807, 2.05) is 0 Å². The number of anilines is 1. The molecule has 0 radical (unpaired) electrons. The normalized spacial score (nSPS) is 13.3. The fraction of sp³-hybridized carbons (Fsp3) is 0. The Bertz CT molecular complexity index is 1130. The molecular weight excluding hydrogens is 374 g/mol. The molecule has 0 aromatic heterocycles. The van der Waals surface area contributed by atoms with Gasteiger partial charge in [0.1, 0.15) is 9.79 Å². The van der Waals surface area contributed by atoms with Crippen LogP contribution in [0.3, 0.4) is 0 Å². The summed E-state index contributed by atoms with van der Waals surface area (Å²) in [6.07, 6.45) is 0. The molecule has 10 nitrogen and oxygen atoms in total. The molecular formula is C10H9NO9S3. The molecule has 0 spiro atoms. The van der Waals surface area contributed by atoms with Gasteiger partial charge in [0.2, 0.25) is 0 Å². The molecule has 0 aliphatic rings. The Kier molecular flexibility index (Phi) is 3.91. The third-order valence-electron chi connectivity index (χ3n) is 2.87. The predicted molar refractivity (Wildman–Crippen MR) is 77.8 cm³/mol. The first-order chi connectivity index (χ1) is 10.2. The molecule has 2 rings (SSSR count). The fourth-order valence-corrected chi connectivity index (χ4v) is 4.30. The van der Waals surface area contributed by atoms with Crippen LogP contribution in [0, 0.1) is 0 Å². The summed E-state index contributed by atoms with van der Waals surface area (Å²) in [6.45, 7) is 0. The second-order valence-corrected chi connectivity index (χ2v) is 8.60. The second-order valence-electron chi connectivity index (χ2n) is 4.43. The summed E-state index contributed by atoms with van der Waals surface area (Å²) in [4.78, 5) is -3.06. The highest BCUT2D eigenvalue weighted by molar-refractivity contribution is 7.87. The molecule has 0 unspecified atom stereocenters. The molecule has 0 aliphatic carbocycles. The summed E-state index contributed by atoms with van der Waals surface area (Å²) in [7, 11) is -15.0. The van der Waals surface area contributed by atoms with Gasteiger partial charge in [0.05, 0.1) is 10.6 Å². The number of nitrogens with two attached hydrogens (primary N) is 1. The number of rotatable bonds is 3. The van der Waals surface area contributed by atoms with Crippen LogP contribution in [0.4, 0.5) is 5.69 Å². The Morgan fingerprint density at radius 1 is 0.783 bits per heavy atom. The maximum Gasteiger partial charge on any atom is 0.297 e. The van der Waals surface area contributed by atoms with E-state index in [9.17, 15) is 34.4 Å². The van der Waals surface area contributed by atoms with Crippen molar-refractivity contribution in [2.45, 2.75) is 14.7 Å². The molecule has 0 bridgehead atoms. The van der Waals surface area contributed by atoms with Crippen molar-refractivity contribution in [2.75, 3.05) is 5.73 Å². The minimum absolute atomic E-state index is 0.311. The van der Waals surface area contributed by atoms with Gasteiger partial charge in [-0.05, 0) is 23.6 Å². The van der Waals surface area contributed by atoms with Gasteiger partial charge in [-0.15, -0.1) is 0 Å². The Labute approximate surface area is 130 Å². The molecule has 126 valence electrons. The van der Waals surface area contributed by atoms with Gasteiger partial charge < -0.3 is 5.73 Å². The van der Waals surface area contributed by atoms with E-state index in [0.717, 1.165) is 18.2 Å². The van der Waals surface area contributed by atoms with Crippen LogP contribution in [-0.4, -0.2) is 38.9 Å². The molecule has 0 aliphatic heterocycles. The molecule has 2 aromatic rings. The SMILES string of the molecule is Nc1ccc2cc(S(=O)(=O)O)cc(S(=O)(=O)O)c2c1S(=O)(=O)O. The van der Waals surface area contributed by atoms with E-state index in [2.05, 4.69) is 0 Å². The van der Waals surface area contributed by atoms with E-state index >= 15 is 0 Å². The zero-order chi connectivity index (χ0) is 17.8. The van der Waals surface area contributed by atoms with Crippen molar-refractivity contribution in [1.82, 2.24) is 0 Å². The van der Waals surface area contributed by atoms with Gasteiger partial charge in [-0.2, -0.15) is 25.3 Å². The van der Waals surface area contributed by atoms with Gasteiger partial charge in [-0.1, -0.05) is 6.07 Å². The van der Waals surface area contributed by atoms with E-state index in [0.29, 0.717) is 6.07 Å². The standard InChI is InChI=1S/C10H9NO9S3/c11-7-2-1-5-3-6(21(12,13)14)4-8(22(15,16)17)9(5)10(7)23(18,19)20/h1-4H,11H2,(H,12,13,14)(H,15,16,17)(H,18,19,20). The average molecular weight is 383 g/mol. The maximum absolute atomic E-state index is 11.5. The zero-order valence-corrected chi connectivity index (χ0v) is 13.4. The highest BCUT2D eigenvalue weighted by Gasteiger charge is 2.27. The number of nitrogen functional groups attached to an aromatic ring is 1. The van der Waals surface area contributed by atoms with Crippen molar-refractivity contribution in [1.29, 1.82) is 0 Å². The predicted octanol–water partition coefficient (Wildman–Crippen LogP) is 0.162. The summed E-state index contributed by atoms with van der Waals surface area (Å²) in [5, 5.41) is -1.02. The summed E-state index contributed by atoms with van der Waals surface area (Å²) in [5.74, 6) is 0. The summed E-state index contributed by atoms with van der Waals surface area (Å²) < 4.78 is 95.8. The topological polar surface area (TPSA) is 189 Å². The fourth-order valence-electron chi connectivity index (χ4n) is 2.02. The number of hydrogen-bond donors (Lipinski definition) is 4. The van der Waals surface area contributed by atoms with Crippen molar-refractivity contribution in [3.05, 3.63) is 24.3 Å². The van der Waals surface area contributed by atoms with Crippen molar-refractivity contribution in [3.63, 3.8) is 0 Å². The number of benzene rings is 2. The molecule has 0 amide bonds. The van der Waals surface area contributed by atoms with E-state index in [1.54, 1.807) is 0 Å². The van der Waals surface area contributed by atoms with Crippen LogP contribution in [0.5, 0.6) is 0 Å². The first kappa shape index (κ1) is 17.6. The Morgan fingerprint density at radius 2 is 1.35 bits per heavy atom. The van der Waals surface area contributed by atoms with Gasteiger partial charge in [-0.3, -0.25) is 13.7 Å². The highest BCUT2D eigenvalue weighted by atomic mass is 32.2. The van der Waals surface area contributed by atoms with Crippen LogP contribution in [0.25, 0.3) is 10.8 Å². The van der Waals surface area contributed by atoms with Crippen LogP contribution in [0.2, 0.25) is 0 Å². The molecule has 2 aromatic carbocycles. The first-order valence-corrected chi connectivity index (χ1v) is 9.83. The molecule has 5 N–H and O–H groups in total.